The molecule has 0 N–H and O–H groups in total. The minimum absolute atomic E-state index is 0.406. The molecule has 0 aliphatic heterocycles. The van der Waals surface area contributed by atoms with Crippen LogP contribution < -0.4 is 5.30 Å². The first kappa shape index (κ1) is 15.4. The van der Waals surface area contributed by atoms with Crippen molar-refractivity contribution in [1.29, 1.82) is 0 Å². The lowest BCUT2D eigenvalue weighted by Crippen LogP contribution is -2.16. The van der Waals surface area contributed by atoms with E-state index in [0.29, 0.717) is 18.5 Å². The minimum Gasteiger partial charge on any atom is -0.203 e. The summed E-state index contributed by atoms with van der Waals surface area (Å²) in [6.45, 7) is 4.00. The summed E-state index contributed by atoms with van der Waals surface area (Å²) in [6.07, 6.45) is 1.99. The van der Waals surface area contributed by atoms with E-state index >= 15 is 0 Å². The summed E-state index contributed by atoms with van der Waals surface area (Å²) in [5, 5.41) is -0.685. The second-order valence-corrected chi connectivity index (χ2v) is 5.76. The molecule has 0 fully saturated rings. The molecule has 0 saturated carbocycles. The third kappa shape index (κ3) is 3.41. The van der Waals surface area contributed by atoms with Crippen molar-refractivity contribution < 1.29 is 22.0 Å². The fourth-order valence-corrected chi connectivity index (χ4v) is 2.64. The second-order valence-electron chi connectivity index (χ2n) is 4.41. The van der Waals surface area contributed by atoms with Gasteiger partial charge in [-0.25, -0.2) is 22.0 Å². The predicted molar refractivity (Wildman–Crippen MR) is 63.1 cm³/mol. The maximum atomic E-state index is 13.3. The number of hydrogen-bond donors (Lipinski definition) is 0. The van der Waals surface area contributed by atoms with E-state index in [9.17, 15) is 22.0 Å². The first-order valence-electron chi connectivity index (χ1n) is 5.61. The molecule has 0 saturated heterocycles. The van der Waals surface area contributed by atoms with Crippen LogP contribution in [0.5, 0.6) is 0 Å². The van der Waals surface area contributed by atoms with E-state index in [1.165, 1.54) is 0 Å². The van der Waals surface area contributed by atoms with Crippen LogP contribution in [0, 0.1) is 35.0 Å². The van der Waals surface area contributed by atoms with E-state index in [1.807, 2.05) is 13.8 Å². The quantitative estimate of drug-likeness (QED) is 0.251. The molecule has 1 aromatic rings. The van der Waals surface area contributed by atoms with Crippen LogP contribution in [0.25, 0.3) is 0 Å². The molecule has 1 aromatic carbocycles. The van der Waals surface area contributed by atoms with Crippen LogP contribution in [-0.4, -0.2) is 6.16 Å². The van der Waals surface area contributed by atoms with E-state index in [-0.39, 0.29) is 0 Å². The molecule has 0 amide bonds. The number of rotatable bonds is 5. The van der Waals surface area contributed by atoms with Crippen molar-refractivity contribution >= 4 is 13.9 Å². The first-order valence-corrected chi connectivity index (χ1v) is 6.82. The van der Waals surface area contributed by atoms with Gasteiger partial charge in [0.1, 0.15) is 0 Å². The Morgan fingerprint density at radius 3 is 1.72 bits per heavy atom. The summed E-state index contributed by atoms with van der Waals surface area (Å²) in [4.78, 5) is 0. The fraction of sp³-hybridized carbons (Fsp3) is 0.500. The maximum absolute atomic E-state index is 13.3. The average molecular weight is 284 g/mol. The molecule has 0 spiro atoms. The molecule has 0 radical (unpaired) electrons. The van der Waals surface area contributed by atoms with Gasteiger partial charge in [0.05, 0.1) is 5.30 Å². The van der Waals surface area contributed by atoms with Gasteiger partial charge < -0.3 is 0 Å². The Bertz CT molecular complexity index is 402. The van der Waals surface area contributed by atoms with E-state index in [1.54, 1.807) is 0 Å². The zero-order valence-corrected chi connectivity index (χ0v) is 11.1. The van der Waals surface area contributed by atoms with Gasteiger partial charge in [0.15, 0.2) is 23.3 Å². The Morgan fingerprint density at radius 2 is 1.28 bits per heavy atom. The molecule has 1 unspecified atom stereocenters. The Balaban J connectivity index is 2.83. The molecule has 0 aromatic heterocycles. The highest BCUT2D eigenvalue weighted by molar-refractivity contribution is 7.47. The molecule has 0 aliphatic carbocycles. The summed E-state index contributed by atoms with van der Waals surface area (Å²) in [5.74, 6) is -8.77. The number of halogens is 5. The Hall–Kier alpha value is -0.700. The number of hydrogen-bond acceptors (Lipinski definition) is 0. The van der Waals surface area contributed by atoms with Gasteiger partial charge in [-0.1, -0.05) is 28.8 Å². The predicted octanol–water partition coefficient (Wildman–Crippen LogP) is 4.12. The van der Waals surface area contributed by atoms with Gasteiger partial charge in [-0.2, -0.15) is 0 Å². The lowest BCUT2D eigenvalue weighted by Gasteiger charge is -2.09. The summed E-state index contributed by atoms with van der Waals surface area (Å²) in [5.41, 5.74) is 0. The Labute approximate surface area is 104 Å². The van der Waals surface area contributed by atoms with Gasteiger partial charge in [0.25, 0.3) is 0 Å². The third-order valence-corrected chi connectivity index (χ3v) is 3.87. The van der Waals surface area contributed by atoms with Crippen molar-refractivity contribution in [2.24, 2.45) is 5.92 Å². The largest absolute Gasteiger partial charge is 0.203 e. The van der Waals surface area contributed by atoms with Gasteiger partial charge in [-0.3, -0.25) is 0 Å². The SMILES string of the molecule is CC(C)CCCPc1c(F)c(F)c(F)c(F)c1F. The highest BCUT2D eigenvalue weighted by Gasteiger charge is 2.25. The van der Waals surface area contributed by atoms with Crippen LogP contribution in [0.2, 0.25) is 0 Å². The van der Waals surface area contributed by atoms with Crippen molar-refractivity contribution in [2.45, 2.75) is 26.7 Å². The highest BCUT2D eigenvalue weighted by atomic mass is 31.1. The van der Waals surface area contributed by atoms with Gasteiger partial charge in [0, 0.05) is 0 Å². The Kier molecular flexibility index (Phi) is 5.51. The smallest absolute Gasteiger partial charge is 0.200 e. The first-order chi connectivity index (χ1) is 8.36. The Morgan fingerprint density at radius 1 is 0.833 bits per heavy atom. The molecular formula is C12H14F5P. The normalized spacial score (nSPS) is 12.0. The molecule has 0 aliphatic rings. The van der Waals surface area contributed by atoms with Gasteiger partial charge >= 0.3 is 0 Å². The van der Waals surface area contributed by atoms with Crippen molar-refractivity contribution in [3.05, 3.63) is 29.1 Å². The summed E-state index contributed by atoms with van der Waals surface area (Å²) in [7, 11) is -0.406. The molecule has 0 nitrogen and oxygen atoms in total. The zero-order valence-electron chi connectivity index (χ0n) is 10.1. The minimum atomic E-state index is -2.10. The zero-order chi connectivity index (χ0) is 13.9. The molecular weight excluding hydrogens is 270 g/mol. The van der Waals surface area contributed by atoms with Crippen molar-refractivity contribution in [1.82, 2.24) is 0 Å². The topological polar surface area (TPSA) is 0 Å². The summed E-state index contributed by atoms with van der Waals surface area (Å²) in [6, 6.07) is 0. The molecule has 0 heterocycles. The standard InChI is InChI=1S/C12H14F5P/c1-6(2)4-3-5-18-12-10(16)8(14)7(13)9(15)11(12)17/h6,18H,3-5H2,1-2H3. The summed E-state index contributed by atoms with van der Waals surface area (Å²) < 4.78 is 65.1. The molecule has 1 atom stereocenters. The van der Waals surface area contributed by atoms with Crippen LogP contribution in [-0.2, 0) is 0 Å². The molecule has 0 bridgehead atoms. The monoisotopic (exact) mass is 284 g/mol. The lowest BCUT2D eigenvalue weighted by molar-refractivity contribution is 0.384. The van der Waals surface area contributed by atoms with Crippen LogP contribution in [0.3, 0.4) is 0 Å². The molecule has 1 rings (SSSR count). The second kappa shape index (κ2) is 6.46. The van der Waals surface area contributed by atoms with E-state index in [4.69, 9.17) is 0 Å². The van der Waals surface area contributed by atoms with Crippen molar-refractivity contribution in [2.75, 3.05) is 6.16 Å². The lowest BCUT2D eigenvalue weighted by atomic mass is 10.1. The van der Waals surface area contributed by atoms with Crippen molar-refractivity contribution in [3.63, 3.8) is 0 Å². The van der Waals surface area contributed by atoms with Crippen LogP contribution in [0.15, 0.2) is 0 Å². The van der Waals surface area contributed by atoms with E-state index in [0.717, 1.165) is 6.42 Å². The van der Waals surface area contributed by atoms with Crippen LogP contribution in [0.1, 0.15) is 26.7 Å². The van der Waals surface area contributed by atoms with E-state index < -0.39 is 43.0 Å². The van der Waals surface area contributed by atoms with Crippen LogP contribution in [0.4, 0.5) is 22.0 Å². The highest BCUT2D eigenvalue weighted by Crippen LogP contribution is 2.24. The van der Waals surface area contributed by atoms with Gasteiger partial charge in [-0.15, -0.1) is 0 Å². The fourth-order valence-electron chi connectivity index (χ4n) is 1.48. The van der Waals surface area contributed by atoms with Gasteiger partial charge in [-0.05, 0) is 18.5 Å². The third-order valence-electron chi connectivity index (χ3n) is 2.47. The summed E-state index contributed by atoms with van der Waals surface area (Å²) >= 11 is 0. The molecule has 18 heavy (non-hydrogen) atoms. The van der Waals surface area contributed by atoms with Gasteiger partial charge in [0.2, 0.25) is 5.82 Å². The van der Waals surface area contributed by atoms with Crippen molar-refractivity contribution in [3.8, 4) is 0 Å². The van der Waals surface area contributed by atoms with E-state index in [2.05, 4.69) is 0 Å². The average Bonchev–Trinajstić information content (AvgIpc) is 2.32. The molecule has 6 heteroatoms. The maximum Gasteiger partial charge on any atom is 0.200 e. The van der Waals surface area contributed by atoms with Crippen LogP contribution >= 0.6 is 8.58 Å². The number of benzene rings is 1. The molecule has 102 valence electrons.